The van der Waals surface area contributed by atoms with E-state index in [4.69, 9.17) is 10.5 Å². The second kappa shape index (κ2) is 6.18. The van der Waals surface area contributed by atoms with Crippen LogP contribution >= 0.6 is 11.3 Å². The standard InChI is InChI=1S/C17H12FNO3S/c18-12-6-7-13-11(8-12)9-14(23-13)17(21)22-15(16(19)20)10-4-2-1-3-5-10/h1-9,15H,(H2,19,20)/t15-/m0/s1. The molecule has 116 valence electrons. The zero-order chi connectivity index (χ0) is 16.4. The van der Waals surface area contributed by atoms with Crippen LogP contribution in [0.15, 0.2) is 54.6 Å². The summed E-state index contributed by atoms with van der Waals surface area (Å²) in [6.45, 7) is 0. The summed E-state index contributed by atoms with van der Waals surface area (Å²) in [4.78, 5) is 24.1. The Kier molecular flexibility index (Phi) is 4.08. The number of esters is 1. The van der Waals surface area contributed by atoms with Gasteiger partial charge in [0, 0.05) is 10.3 Å². The average Bonchev–Trinajstić information content (AvgIpc) is 2.96. The van der Waals surface area contributed by atoms with E-state index in [0.29, 0.717) is 10.9 Å². The fourth-order valence-corrected chi connectivity index (χ4v) is 3.12. The number of fused-ring (bicyclic) bond motifs is 1. The Morgan fingerprint density at radius 1 is 1.09 bits per heavy atom. The number of nitrogens with two attached hydrogens (primary N) is 1. The molecule has 0 aliphatic carbocycles. The van der Waals surface area contributed by atoms with Crippen molar-refractivity contribution in [3.8, 4) is 0 Å². The van der Waals surface area contributed by atoms with E-state index >= 15 is 0 Å². The molecule has 0 aliphatic heterocycles. The number of ether oxygens (including phenoxy) is 1. The van der Waals surface area contributed by atoms with E-state index in [9.17, 15) is 14.0 Å². The maximum absolute atomic E-state index is 13.2. The third-order valence-electron chi connectivity index (χ3n) is 3.27. The summed E-state index contributed by atoms with van der Waals surface area (Å²) in [5.74, 6) is -1.80. The van der Waals surface area contributed by atoms with Gasteiger partial charge in [0.2, 0.25) is 6.10 Å². The highest BCUT2D eigenvalue weighted by Gasteiger charge is 2.24. The number of primary amides is 1. The second-order valence-corrected chi connectivity index (χ2v) is 5.97. The first-order chi connectivity index (χ1) is 11.0. The molecule has 4 nitrogen and oxygen atoms in total. The zero-order valence-corrected chi connectivity index (χ0v) is 12.7. The van der Waals surface area contributed by atoms with Crippen LogP contribution in [0.25, 0.3) is 10.1 Å². The number of hydrogen-bond donors (Lipinski definition) is 1. The van der Waals surface area contributed by atoms with Crippen LogP contribution in [0, 0.1) is 5.82 Å². The van der Waals surface area contributed by atoms with E-state index in [2.05, 4.69) is 0 Å². The minimum atomic E-state index is -1.16. The summed E-state index contributed by atoms with van der Waals surface area (Å²) < 4.78 is 19.2. The lowest BCUT2D eigenvalue weighted by Gasteiger charge is -2.14. The predicted octanol–water partition coefficient (Wildman–Crippen LogP) is 3.42. The largest absolute Gasteiger partial charge is 0.443 e. The van der Waals surface area contributed by atoms with Crippen molar-refractivity contribution in [2.24, 2.45) is 5.73 Å². The van der Waals surface area contributed by atoms with Gasteiger partial charge in [0.05, 0.1) is 0 Å². The Balaban J connectivity index is 1.87. The lowest BCUT2D eigenvalue weighted by atomic mass is 10.1. The average molecular weight is 329 g/mol. The number of thiophene rings is 1. The molecule has 1 amide bonds. The van der Waals surface area contributed by atoms with Crippen molar-refractivity contribution in [3.63, 3.8) is 0 Å². The lowest BCUT2D eigenvalue weighted by molar-refractivity contribution is -0.127. The Labute approximate surface area is 135 Å². The lowest BCUT2D eigenvalue weighted by Crippen LogP contribution is -2.26. The van der Waals surface area contributed by atoms with Crippen molar-refractivity contribution < 1.29 is 18.7 Å². The number of hydrogen-bond acceptors (Lipinski definition) is 4. The molecule has 3 rings (SSSR count). The molecule has 0 spiro atoms. The first kappa shape index (κ1) is 15.2. The molecule has 3 aromatic rings. The maximum Gasteiger partial charge on any atom is 0.349 e. The number of amides is 1. The first-order valence-corrected chi connectivity index (χ1v) is 7.60. The molecule has 0 saturated carbocycles. The topological polar surface area (TPSA) is 69.4 Å². The van der Waals surface area contributed by atoms with Crippen molar-refractivity contribution in [2.45, 2.75) is 6.10 Å². The van der Waals surface area contributed by atoms with Gasteiger partial charge in [-0.3, -0.25) is 4.79 Å². The highest BCUT2D eigenvalue weighted by Crippen LogP contribution is 2.28. The molecule has 1 aromatic heterocycles. The molecular formula is C17H12FNO3S. The van der Waals surface area contributed by atoms with E-state index in [1.807, 2.05) is 0 Å². The van der Waals surface area contributed by atoms with Gasteiger partial charge >= 0.3 is 5.97 Å². The van der Waals surface area contributed by atoms with Gasteiger partial charge in [0.1, 0.15) is 10.7 Å². The third kappa shape index (κ3) is 3.22. The van der Waals surface area contributed by atoms with E-state index in [0.717, 1.165) is 4.70 Å². The highest BCUT2D eigenvalue weighted by atomic mass is 32.1. The van der Waals surface area contributed by atoms with Gasteiger partial charge in [-0.05, 0) is 29.7 Å². The summed E-state index contributed by atoms with van der Waals surface area (Å²) in [6, 6.07) is 14.3. The van der Waals surface area contributed by atoms with Crippen LogP contribution in [-0.4, -0.2) is 11.9 Å². The number of carbonyl (C=O) groups is 2. The van der Waals surface area contributed by atoms with Crippen molar-refractivity contribution in [1.29, 1.82) is 0 Å². The van der Waals surface area contributed by atoms with Crippen molar-refractivity contribution in [2.75, 3.05) is 0 Å². The van der Waals surface area contributed by atoms with Crippen LogP contribution in [0.2, 0.25) is 0 Å². The molecule has 0 saturated heterocycles. The summed E-state index contributed by atoms with van der Waals surface area (Å²) >= 11 is 1.17. The molecule has 2 aromatic carbocycles. The van der Waals surface area contributed by atoms with Crippen LogP contribution < -0.4 is 5.73 Å². The minimum Gasteiger partial charge on any atom is -0.443 e. The molecule has 1 atom stereocenters. The van der Waals surface area contributed by atoms with Gasteiger partial charge in [0.25, 0.3) is 5.91 Å². The fraction of sp³-hybridized carbons (Fsp3) is 0.0588. The first-order valence-electron chi connectivity index (χ1n) is 6.79. The molecule has 0 fully saturated rings. The smallest absolute Gasteiger partial charge is 0.349 e. The van der Waals surface area contributed by atoms with Crippen LogP contribution in [0.3, 0.4) is 0 Å². The summed E-state index contributed by atoms with van der Waals surface area (Å²) in [6.07, 6.45) is -1.16. The van der Waals surface area contributed by atoms with Crippen molar-refractivity contribution in [1.82, 2.24) is 0 Å². The quantitative estimate of drug-likeness (QED) is 0.746. The van der Waals surface area contributed by atoms with Crippen molar-refractivity contribution >= 4 is 33.3 Å². The summed E-state index contributed by atoms with van der Waals surface area (Å²) in [5.41, 5.74) is 5.83. The van der Waals surface area contributed by atoms with E-state index < -0.39 is 18.0 Å². The zero-order valence-electron chi connectivity index (χ0n) is 11.9. The van der Waals surface area contributed by atoms with Gasteiger partial charge in [0.15, 0.2) is 0 Å². The Morgan fingerprint density at radius 3 is 2.52 bits per heavy atom. The number of halogens is 1. The fourth-order valence-electron chi connectivity index (χ4n) is 2.20. The van der Waals surface area contributed by atoms with Gasteiger partial charge in [-0.1, -0.05) is 30.3 Å². The van der Waals surface area contributed by atoms with Crippen molar-refractivity contribution in [3.05, 3.63) is 70.9 Å². The van der Waals surface area contributed by atoms with Crippen LogP contribution in [0.4, 0.5) is 4.39 Å². The number of benzene rings is 2. The van der Waals surface area contributed by atoms with E-state index in [1.54, 1.807) is 36.4 Å². The molecular weight excluding hydrogens is 317 g/mol. The molecule has 2 N–H and O–H groups in total. The second-order valence-electron chi connectivity index (χ2n) is 4.89. The molecule has 23 heavy (non-hydrogen) atoms. The number of rotatable bonds is 4. The Morgan fingerprint density at radius 2 is 1.83 bits per heavy atom. The monoisotopic (exact) mass is 329 g/mol. The summed E-state index contributed by atoms with van der Waals surface area (Å²) in [7, 11) is 0. The third-order valence-corrected chi connectivity index (χ3v) is 4.36. The van der Waals surface area contributed by atoms with E-state index in [-0.39, 0.29) is 10.7 Å². The summed E-state index contributed by atoms with van der Waals surface area (Å²) in [5, 5.41) is 0.609. The van der Waals surface area contributed by atoms with Gasteiger partial charge in [-0.2, -0.15) is 0 Å². The molecule has 0 aliphatic rings. The Hall–Kier alpha value is -2.73. The van der Waals surface area contributed by atoms with Gasteiger partial charge < -0.3 is 10.5 Å². The maximum atomic E-state index is 13.2. The molecule has 1 heterocycles. The molecule has 0 unspecified atom stereocenters. The number of carbonyl (C=O) groups excluding carboxylic acids is 2. The van der Waals surface area contributed by atoms with Crippen LogP contribution in [0.1, 0.15) is 21.3 Å². The molecule has 0 radical (unpaired) electrons. The molecule has 0 bridgehead atoms. The predicted molar refractivity (Wildman–Crippen MR) is 85.6 cm³/mol. The SMILES string of the molecule is NC(=O)[C@@H](OC(=O)c1cc2cc(F)ccc2s1)c1ccccc1. The highest BCUT2D eigenvalue weighted by molar-refractivity contribution is 7.20. The van der Waals surface area contributed by atoms with E-state index in [1.165, 1.54) is 29.5 Å². The van der Waals surface area contributed by atoms with Crippen LogP contribution in [-0.2, 0) is 9.53 Å². The van der Waals surface area contributed by atoms with Gasteiger partial charge in [-0.15, -0.1) is 11.3 Å². The molecule has 6 heteroatoms. The van der Waals surface area contributed by atoms with Crippen LogP contribution in [0.5, 0.6) is 0 Å². The van der Waals surface area contributed by atoms with Gasteiger partial charge in [-0.25, -0.2) is 9.18 Å². The Bertz CT molecular complexity index is 876. The normalized spacial score (nSPS) is 12.0. The minimum absolute atomic E-state index is 0.285.